The molecule has 2 aliphatic heterocycles. The van der Waals surface area contributed by atoms with Crippen molar-refractivity contribution < 1.29 is 28.8 Å². The van der Waals surface area contributed by atoms with Gasteiger partial charge < -0.3 is 20.1 Å². The average Bonchev–Trinajstić information content (AvgIpc) is 2.46. The maximum atomic E-state index is 13.7. The second-order valence-corrected chi connectivity index (χ2v) is 7.31. The number of carbonyl (C=O) groups is 2. The van der Waals surface area contributed by atoms with E-state index in [1.54, 1.807) is 11.8 Å². The van der Waals surface area contributed by atoms with Crippen LogP contribution in [0.1, 0.15) is 22.3 Å². The fourth-order valence-corrected chi connectivity index (χ4v) is 3.82. The highest BCUT2D eigenvalue weighted by atomic mass is 32.2. The molecule has 0 spiro atoms. The van der Waals surface area contributed by atoms with Gasteiger partial charge in [0.15, 0.2) is 0 Å². The van der Waals surface area contributed by atoms with Gasteiger partial charge in [0.25, 0.3) is 0 Å². The molecule has 1 atom stereocenters. The molecule has 128 valence electrons. The van der Waals surface area contributed by atoms with Crippen LogP contribution in [0.15, 0.2) is 12.1 Å². The number of halogens is 1. The zero-order valence-corrected chi connectivity index (χ0v) is 13.6. The van der Waals surface area contributed by atoms with Gasteiger partial charge >= 0.3 is 13.1 Å². The van der Waals surface area contributed by atoms with Crippen LogP contribution < -0.4 is 9.97 Å². The van der Waals surface area contributed by atoms with Crippen LogP contribution >= 0.6 is 11.8 Å². The van der Waals surface area contributed by atoms with Crippen LogP contribution in [0.2, 0.25) is 5.82 Å². The van der Waals surface area contributed by atoms with Crippen LogP contribution in [0, 0.1) is 5.82 Å². The minimum absolute atomic E-state index is 0.0172. The number of carboxylic acid groups (broad SMARTS) is 1. The standard InChI is InChI=1S/C15H17BFNO5S/c17-12-2-1-8-3-9(4-10(19)7-24-11-5-18-6-11)16(22)23-14(8)13(12)15(20)21/h1-2,9,11,18,22H,3-7H2,(H,20,21)/t9-/m1/s1. The highest BCUT2D eigenvalue weighted by molar-refractivity contribution is 8.00. The Kier molecular flexibility index (Phi) is 5.12. The molecular formula is C15H17BFNO5S. The summed E-state index contributed by atoms with van der Waals surface area (Å²) in [4.78, 5) is 23.3. The van der Waals surface area contributed by atoms with Crippen molar-refractivity contribution in [3.63, 3.8) is 0 Å². The Labute approximate surface area is 142 Å². The summed E-state index contributed by atoms with van der Waals surface area (Å²) in [5.74, 6) is -2.56. The monoisotopic (exact) mass is 353 g/mol. The summed E-state index contributed by atoms with van der Waals surface area (Å²) in [6, 6.07) is 2.51. The molecule has 0 aromatic heterocycles. The van der Waals surface area contributed by atoms with E-state index in [0.29, 0.717) is 16.6 Å². The van der Waals surface area contributed by atoms with E-state index in [1.807, 2.05) is 0 Å². The number of carboxylic acids is 1. The minimum Gasteiger partial charge on any atom is -0.535 e. The van der Waals surface area contributed by atoms with Gasteiger partial charge in [0, 0.05) is 30.6 Å². The first-order chi connectivity index (χ1) is 11.5. The Bertz CT molecular complexity index is 670. The maximum absolute atomic E-state index is 13.7. The van der Waals surface area contributed by atoms with E-state index in [4.69, 9.17) is 9.76 Å². The van der Waals surface area contributed by atoms with Crippen LogP contribution in [-0.2, 0) is 11.2 Å². The average molecular weight is 353 g/mol. The highest BCUT2D eigenvalue weighted by Crippen LogP contribution is 2.37. The molecule has 1 saturated heterocycles. The molecule has 0 bridgehead atoms. The van der Waals surface area contributed by atoms with Crippen molar-refractivity contribution in [3.8, 4) is 5.75 Å². The number of carbonyl (C=O) groups excluding carboxylic acids is 1. The topological polar surface area (TPSA) is 95.9 Å². The van der Waals surface area contributed by atoms with Gasteiger partial charge in [-0.3, -0.25) is 4.79 Å². The lowest BCUT2D eigenvalue weighted by Gasteiger charge is -2.29. The molecule has 2 aliphatic rings. The van der Waals surface area contributed by atoms with E-state index in [9.17, 15) is 19.0 Å². The molecule has 0 unspecified atom stereocenters. The number of hydrogen-bond acceptors (Lipinski definition) is 6. The maximum Gasteiger partial charge on any atom is 0.526 e. The number of rotatable bonds is 6. The number of Topliss-reactive ketones (excluding diaryl/α,β-unsaturated/α-hetero) is 1. The molecule has 24 heavy (non-hydrogen) atoms. The van der Waals surface area contributed by atoms with Crippen molar-refractivity contribution in [1.82, 2.24) is 5.32 Å². The number of aromatic carboxylic acids is 1. The molecule has 0 aliphatic carbocycles. The second-order valence-electron chi connectivity index (χ2n) is 6.02. The van der Waals surface area contributed by atoms with Crippen molar-refractivity contribution in [2.45, 2.75) is 23.9 Å². The van der Waals surface area contributed by atoms with Crippen molar-refractivity contribution in [2.24, 2.45) is 0 Å². The third kappa shape index (κ3) is 3.58. The number of thioether (sulfide) groups is 1. The van der Waals surface area contributed by atoms with Gasteiger partial charge in [-0.2, -0.15) is 0 Å². The van der Waals surface area contributed by atoms with E-state index >= 15 is 0 Å². The summed E-state index contributed by atoms with van der Waals surface area (Å²) in [6.45, 7) is 1.81. The smallest absolute Gasteiger partial charge is 0.526 e. The Morgan fingerprint density at radius 2 is 2.17 bits per heavy atom. The van der Waals surface area contributed by atoms with E-state index < -0.39 is 30.3 Å². The summed E-state index contributed by atoms with van der Waals surface area (Å²) < 4.78 is 18.9. The zero-order valence-electron chi connectivity index (χ0n) is 12.8. The van der Waals surface area contributed by atoms with Gasteiger partial charge in [0.2, 0.25) is 0 Å². The van der Waals surface area contributed by atoms with Crippen molar-refractivity contribution in [2.75, 3.05) is 18.8 Å². The summed E-state index contributed by atoms with van der Waals surface area (Å²) in [5.41, 5.74) is -0.0860. The Balaban J connectivity index is 1.67. The van der Waals surface area contributed by atoms with Crippen LogP contribution in [0.25, 0.3) is 0 Å². The van der Waals surface area contributed by atoms with Gasteiger partial charge in [0.05, 0.1) is 5.75 Å². The molecule has 0 radical (unpaired) electrons. The molecule has 6 nitrogen and oxygen atoms in total. The predicted molar refractivity (Wildman–Crippen MR) is 88.2 cm³/mol. The normalized spacial score (nSPS) is 20.1. The minimum atomic E-state index is -1.45. The number of ketones is 1. The molecule has 3 rings (SSSR count). The highest BCUT2D eigenvalue weighted by Gasteiger charge is 2.38. The van der Waals surface area contributed by atoms with Crippen molar-refractivity contribution in [3.05, 3.63) is 29.1 Å². The molecule has 2 heterocycles. The lowest BCUT2D eigenvalue weighted by atomic mass is 9.64. The Morgan fingerprint density at radius 1 is 1.42 bits per heavy atom. The van der Waals surface area contributed by atoms with Crippen LogP contribution in [0.3, 0.4) is 0 Å². The molecule has 9 heteroatoms. The summed E-state index contributed by atoms with van der Waals surface area (Å²) >= 11 is 1.59. The van der Waals surface area contributed by atoms with E-state index in [0.717, 1.165) is 19.2 Å². The fraction of sp³-hybridized carbons (Fsp3) is 0.467. The molecule has 0 amide bonds. The molecule has 1 aromatic carbocycles. The first kappa shape index (κ1) is 17.3. The quantitative estimate of drug-likeness (QED) is 0.656. The number of benzene rings is 1. The third-order valence-electron chi connectivity index (χ3n) is 4.24. The van der Waals surface area contributed by atoms with Gasteiger partial charge in [-0.1, -0.05) is 6.07 Å². The summed E-state index contributed by atoms with van der Waals surface area (Å²) in [7, 11) is -1.32. The summed E-state index contributed by atoms with van der Waals surface area (Å²) in [5, 5.41) is 22.8. The Hall–Kier alpha value is -1.58. The van der Waals surface area contributed by atoms with Crippen LogP contribution in [0.4, 0.5) is 4.39 Å². The van der Waals surface area contributed by atoms with E-state index in [2.05, 4.69) is 5.32 Å². The zero-order chi connectivity index (χ0) is 17.3. The van der Waals surface area contributed by atoms with Gasteiger partial charge in [-0.15, -0.1) is 11.8 Å². The van der Waals surface area contributed by atoms with E-state index in [1.165, 1.54) is 6.07 Å². The Morgan fingerprint density at radius 3 is 2.79 bits per heavy atom. The first-order valence-electron chi connectivity index (χ1n) is 7.69. The summed E-state index contributed by atoms with van der Waals surface area (Å²) in [6.07, 6.45) is 0.423. The lowest BCUT2D eigenvalue weighted by Crippen LogP contribution is -2.45. The number of fused-ring (bicyclic) bond motifs is 1. The lowest BCUT2D eigenvalue weighted by molar-refractivity contribution is -0.116. The third-order valence-corrected chi connectivity index (χ3v) is 5.53. The SMILES string of the molecule is O=C(CSC1CNC1)C[C@H]1Cc2ccc(F)c(C(=O)O)c2OB1O. The van der Waals surface area contributed by atoms with E-state index in [-0.39, 0.29) is 24.4 Å². The largest absolute Gasteiger partial charge is 0.535 e. The first-order valence-corrected chi connectivity index (χ1v) is 8.74. The molecule has 1 fully saturated rings. The van der Waals surface area contributed by atoms with Crippen molar-refractivity contribution >= 4 is 30.6 Å². The van der Waals surface area contributed by atoms with Gasteiger partial charge in [-0.05, 0) is 18.1 Å². The predicted octanol–water partition coefficient (Wildman–Crippen LogP) is 0.974. The molecular weight excluding hydrogens is 336 g/mol. The second kappa shape index (κ2) is 7.12. The van der Waals surface area contributed by atoms with Gasteiger partial charge in [-0.25, -0.2) is 9.18 Å². The van der Waals surface area contributed by atoms with Crippen LogP contribution in [-0.4, -0.2) is 53.1 Å². The molecule has 0 saturated carbocycles. The van der Waals surface area contributed by atoms with Crippen molar-refractivity contribution in [1.29, 1.82) is 0 Å². The number of nitrogens with one attached hydrogen (secondary N) is 1. The number of hydrogen-bond donors (Lipinski definition) is 3. The molecule has 3 N–H and O–H groups in total. The van der Waals surface area contributed by atoms with Gasteiger partial charge in [0.1, 0.15) is 22.9 Å². The fourth-order valence-electron chi connectivity index (χ4n) is 2.81. The molecule has 1 aromatic rings. The van der Waals surface area contributed by atoms with Crippen LogP contribution in [0.5, 0.6) is 5.75 Å².